The van der Waals surface area contributed by atoms with Crippen molar-refractivity contribution in [3.63, 3.8) is 0 Å². The van der Waals surface area contributed by atoms with Gasteiger partial charge in [-0.05, 0) is 30.3 Å². The number of hydrogen-bond acceptors (Lipinski definition) is 3. The van der Waals surface area contributed by atoms with Gasteiger partial charge in [-0.15, -0.1) is 0 Å². The SMILES string of the molecule is O=C(O)c1cnc2n1-c1ccc(Cl)cc1C(c1ccccc1F)=NC2. The molecule has 0 unspecified atom stereocenters. The molecule has 0 aliphatic carbocycles. The molecule has 5 nitrogen and oxygen atoms in total. The Morgan fingerprint density at radius 3 is 2.76 bits per heavy atom. The maximum Gasteiger partial charge on any atom is 0.354 e. The van der Waals surface area contributed by atoms with Crippen LogP contribution >= 0.6 is 11.6 Å². The molecule has 0 saturated carbocycles. The van der Waals surface area contributed by atoms with Gasteiger partial charge in [0.2, 0.25) is 0 Å². The third kappa shape index (κ3) is 2.51. The Bertz CT molecular complexity index is 1040. The van der Waals surface area contributed by atoms with Gasteiger partial charge in [-0.3, -0.25) is 9.56 Å². The van der Waals surface area contributed by atoms with E-state index in [0.29, 0.717) is 33.4 Å². The number of fused-ring (bicyclic) bond motifs is 3. The van der Waals surface area contributed by atoms with E-state index in [2.05, 4.69) is 9.98 Å². The summed E-state index contributed by atoms with van der Waals surface area (Å²) in [5.41, 5.74) is 1.86. The topological polar surface area (TPSA) is 67.5 Å². The smallest absolute Gasteiger partial charge is 0.354 e. The highest BCUT2D eigenvalue weighted by atomic mass is 35.5. The maximum atomic E-state index is 14.3. The van der Waals surface area contributed by atoms with Crippen molar-refractivity contribution in [3.05, 3.63) is 82.1 Å². The zero-order valence-corrected chi connectivity index (χ0v) is 13.5. The number of aromatic carboxylic acids is 1. The quantitative estimate of drug-likeness (QED) is 0.762. The van der Waals surface area contributed by atoms with Gasteiger partial charge in [-0.25, -0.2) is 14.2 Å². The van der Waals surface area contributed by atoms with Gasteiger partial charge in [-0.1, -0.05) is 23.7 Å². The number of aromatic nitrogens is 2. The average molecular weight is 356 g/mol. The van der Waals surface area contributed by atoms with Crippen LogP contribution < -0.4 is 0 Å². The molecule has 3 aromatic rings. The van der Waals surface area contributed by atoms with E-state index in [1.54, 1.807) is 36.4 Å². The molecule has 0 saturated heterocycles. The summed E-state index contributed by atoms with van der Waals surface area (Å²) in [5, 5.41) is 9.89. The Balaban J connectivity index is 2.03. The summed E-state index contributed by atoms with van der Waals surface area (Å²) in [5.74, 6) is -1.05. The maximum absolute atomic E-state index is 14.3. The summed E-state index contributed by atoms with van der Waals surface area (Å²) in [6, 6.07) is 11.3. The summed E-state index contributed by atoms with van der Waals surface area (Å²) in [7, 11) is 0. The molecule has 4 rings (SSSR count). The predicted molar refractivity (Wildman–Crippen MR) is 91.3 cm³/mol. The first-order valence-corrected chi connectivity index (χ1v) is 7.83. The van der Waals surface area contributed by atoms with E-state index >= 15 is 0 Å². The van der Waals surface area contributed by atoms with Crippen LogP contribution in [0.15, 0.2) is 53.7 Å². The van der Waals surface area contributed by atoms with Gasteiger partial charge in [-0.2, -0.15) is 0 Å². The molecule has 0 amide bonds. The van der Waals surface area contributed by atoms with Crippen molar-refractivity contribution in [1.82, 2.24) is 9.55 Å². The van der Waals surface area contributed by atoms with Crippen molar-refractivity contribution >= 4 is 23.3 Å². The van der Waals surface area contributed by atoms with Crippen LogP contribution in [0.1, 0.15) is 27.4 Å². The van der Waals surface area contributed by atoms with E-state index in [0.717, 1.165) is 0 Å². The predicted octanol–water partition coefficient (Wildman–Crippen LogP) is 3.71. The largest absolute Gasteiger partial charge is 0.477 e. The van der Waals surface area contributed by atoms with Crippen LogP contribution in [0.5, 0.6) is 0 Å². The third-order valence-electron chi connectivity index (χ3n) is 4.02. The first-order chi connectivity index (χ1) is 12.1. The average Bonchev–Trinajstić information content (AvgIpc) is 2.94. The molecule has 0 bridgehead atoms. The molecule has 7 heteroatoms. The third-order valence-corrected chi connectivity index (χ3v) is 4.25. The molecule has 0 spiro atoms. The first kappa shape index (κ1) is 15.5. The lowest BCUT2D eigenvalue weighted by molar-refractivity contribution is 0.0688. The Hall–Kier alpha value is -2.99. The number of carboxylic acids is 1. The highest BCUT2D eigenvalue weighted by molar-refractivity contribution is 6.31. The molecule has 124 valence electrons. The molecule has 25 heavy (non-hydrogen) atoms. The van der Waals surface area contributed by atoms with Crippen molar-refractivity contribution in [2.75, 3.05) is 0 Å². The summed E-state index contributed by atoms with van der Waals surface area (Å²) in [6.45, 7) is 0.128. The van der Waals surface area contributed by atoms with Gasteiger partial charge in [0.25, 0.3) is 0 Å². The van der Waals surface area contributed by atoms with Crippen LogP contribution in [-0.4, -0.2) is 26.3 Å². The van der Waals surface area contributed by atoms with Gasteiger partial charge >= 0.3 is 5.97 Å². The van der Waals surface area contributed by atoms with Crippen molar-refractivity contribution in [3.8, 4) is 5.69 Å². The molecule has 1 aliphatic rings. The van der Waals surface area contributed by atoms with Crippen molar-refractivity contribution in [2.24, 2.45) is 4.99 Å². The summed E-state index contributed by atoms with van der Waals surface area (Å²) >= 11 is 6.14. The Labute approximate surface area is 147 Å². The molecule has 0 radical (unpaired) electrons. The molecule has 1 aromatic heterocycles. The summed E-state index contributed by atoms with van der Waals surface area (Å²) < 4.78 is 15.9. The van der Waals surface area contributed by atoms with Crippen LogP contribution in [-0.2, 0) is 6.54 Å². The van der Waals surface area contributed by atoms with E-state index in [9.17, 15) is 14.3 Å². The van der Waals surface area contributed by atoms with E-state index in [-0.39, 0.29) is 12.2 Å². The highest BCUT2D eigenvalue weighted by Crippen LogP contribution is 2.29. The monoisotopic (exact) mass is 355 g/mol. The van der Waals surface area contributed by atoms with Crippen LogP contribution in [0.25, 0.3) is 5.69 Å². The van der Waals surface area contributed by atoms with Gasteiger partial charge in [0.15, 0.2) is 5.69 Å². The Kier molecular flexibility index (Phi) is 3.62. The molecule has 1 N–H and O–H groups in total. The molecule has 0 fully saturated rings. The van der Waals surface area contributed by atoms with Gasteiger partial charge in [0, 0.05) is 16.1 Å². The lowest BCUT2D eigenvalue weighted by Gasteiger charge is -2.14. The number of aliphatic imine (C=N–C) groups is 1. The molecular weight excluding hydrogens is 345 g/mol. The minimum Gasteiger partial charge on any atom is -0.477 e. The normalized spacial score (nSPS) is 12.8. The van der Waals surface area contributed by atoms with Crippen LogP contribution in [0.4, 0.5) is 4.39 Å². The lowest BCUT2D eigenvalue weighted by Crippen LogP contribution is -2.12. The molecule has 2 aromatic carbocycles. The number of rotatable bonds is 2. The first-order valence-electron chi connectivity index (χ1n) is 7.46. The van der Waals surface area contributed by atoms with Crippen molar-refractivity contribution in [2.45, 2.75) is 6.54 Å². The highest BCUT2D eigenvalue weighted by Gasteiger charge is 2.25. The number of nitrogens with zero attached hydrogens (tertiary/aromatic N) is 3. The molecule has 2 heterocycles. The van der Waals surface area contributed by atoms with Gasteiger partial charge in [0.05, 0.1) is 24.1 Å². The minimum absolute atomic E-state index is 0.0172. The fraction of sp³-hybridized carbons (Fsp3) is 0.0556. The molecule has 1 aliphatic heterocycles. The summed E-state index contributed by atoms with van der Waals surface area (Å²) in [6.07, 6.45) is 1.29. The fourth-order valence-electron chi connectivity index (χ4n) is 2.93. The number of imidazole rings is 1. The Morgan fingerprint density at radius 2 is 2.00 bits per heavy atom. The van der Waals surface area contributed by atoms with Crippen LogP contribution in [0.3, 0.4) is 0 Å². The zero-order chi connectivity index (χ0) is 17.6. The second kappa shape index (κ2) is 5.82. The minimum atomic E-state index is -1.10. The van der Waals surface area contributed by atoms with Crippen LogP contribution in [0.2, 0.25) is 5.02 Å². The van der Waals surface area contributed by atoms with Crippen molar-refractivity contribution in [1.29, 1.82) is 0 Å². The number of benzene rings is 2. The lowest BCUT2D eigenvalue weighted by atomic mass is 10.00. The van der Waals surface area contributed by atoms with E-state index in [1.807, 2.05) is 0 Å². The van der Waals surface area contributed by atoms with Crippen molar-refractivity contribution < 1.29 is 14.3 Å². The number of halogens is 2. The van der Waals surface area contributed by atoms with Crippen LogP contribution in [0, 0.1) is 5.82 Å². The molecular formula is C18H11ClFN3O2. The second-order valence-corrected chi connectivity index (χ2v) is 5.94. The van der Waals surface area contributed by atoms with Gasteiger partial charge < -0.3 is 5.11 Å². The summed E-state index contributed by atoms with van der Waals surface area (Å²) in [4.78, 5) is 20.2. The standard InChI is InChI=1S/C18H11ClFN3O2/c19-10-5-6-14-12(7-10)17(11-3-1-2-4-13(11)20)22-9-16-21-8-15(18(24)25)23(14)16/h1-8H,9H2,(H,24,25). The van der Waals surface area contributed by atoms with E-state index < -0.39 is 11.8 Å². The van der Waals surface area contributed by atoms with E-state index in [4.69, 9.17) is 11.6 Å². The Morgan fingerprint density at radius 1 is 1.20 bits per heavy atom. The van der Waals surface area contributed by atoms with Gasteiger partial charge in [0.1, 0.15) is 11.6 Å². The molecule has 0 atom stereocenters. The zero-order valence-electron chi connectivity index (χ0n) is 12.8. The fourth-order valence-corrected chi connectivity index (χ4v) is 3.10. The second-order valence-electron chi connectivity index (χ2n) is 5.51. The number of carboxylic acid groups (broad SMARTS) is 1. The number of hydrogen-bond donors (Lipinski definition) is 1. The van der Waals surface area contributed by atoms with E-state index in [1.165, 1.54) is 16.8 Å². The number of carbonyl (C=O) groups is 1.